The fourth-order valence-electron chi connectivity index (χ4n) is 2.25. The third-order valence-electron chi connectivity index (χ3n) is 3.65. The minimum absolute atomic E-state index is 0.0524. The number of carbonyl (C=O) groups is 2. The Morgan fingerprint density at radius 3 is 2.50 bits per heavy atom. The molecule has 0 aliphatic rings. The number of nitrogens with one attached hydrogen (secondary N) is 3. The zero-order valence-corrected chi connectivity index (χ0v) is 14.2. The van der Waals surface area contributed by atoms with E-state index in [4.69, 9.17) is 4.42 Å². The van der Waals surface area contributed by atoms with E-state index in [0.717, 1.165) is 5.56 Å². The Balaban J connectivity index is 1.76. The summed E-state index contributed by atoms with van der Waals surface area (Å²) in [5.41, 5.74) is 2.25. The van der Waals surface area contributed by atoms with Gasteiger partial charge in [0.15, 0.2) is 5.76 Å². The number of furan rings is 1. The van der Waals surface area contributed by atoms with Crippen molar-refractivity contribution < 1.29 is 14.0 Å². The maximum atomic E-state index is 12.0. The van der Waals surface area contributed by atoms with Gasteiger partial charge in [0.1, 0.15) is 5.76 Å². The van der Waals surface area contributed by atoms with E-state index in [1.54, 1.807) is 19.2 Å². The molecule has 2 rings (SSSR count). The van der Waals surface area contributed by atoms with E-state index in [1.807, 2.05) is 38.1 Å². The van der Waals surface area contributed by atoms with Crippen molar-refractivity contribution in [2.45, 2.75) is 26.4 Å². The lowest BCUT2D eigenvalue weighted by Crippen LogP contribution is -2.35. The van der Waals surface area contributed by atoms with Crippen molar-refractivity contribution in [2.24, 2.45) is 0 Å². The molecular formula is C18H23N3O3. The van der Waals surface area contributed by atoms with Gasteiger partial charge in [-0.25, -0.2) is 0 Å². The van der Waals surface area contributed by atoms with Crippen LogP contribution in [0.4, 0.5) is 0 Å². The molecule has 24 heavy (non-hydrogen) atoms. The molecule has 0 saturated carbocycles. The number of hydrogen-bond acceptors (Lipinski definition) is 4. The van der Waals surface area contributed by atoms with Gasteiger partial charge in [-0.05, 0) is 31.5 Å². The van der Waals surface area contributed by atoms with Crippen LogP contribution in [0.15, 0.2) is 40.8 Å². The van der Waals surface area contributed by atoms with Crippen LogP contribution in [0.25, 0.3) is 0 Å². The zero-order chi connectivity index (χ0) is 17.5. The van der Waals surface area contributed by atoms with Crippen molar-refractivity contribution in [2.75, 3.05) is 13.6 Å². The quantitative estimate of drug-likeness (QED) is 0.725. The van der Waals surface area contributed by atoms with Crippen LogP contribution in [-0.2, 0) is 11.3 Å². The van der Waals surface area contributed by atoms with E-state index in [2.05, 4.69) is 16.0 Å². The molecule has 2 amide bonds. The summed E-state index contributed by atoms with van der Waals surface area (Å²) < 4.78 is 5.37. The molecule has 0 radical (unpaired) electrons. The van der Waals surface area contributed by atoms with Gasteiger partial charge in [-0.2, -0.15) is 0 Å². The number of hydrogen-bond donors (Lipinski definition) is 3. The summed E-state index contributed by atoms with van der Waals surface area (Å²) >= 11 is 0. The summed E-state index contributed by atoms with van der Waals surface area (Å²) in [6, 6.07) is 11.3. The molecule has 0 aliphatic heterocycles. The van der Waals surface area contributed by atoms with Gasteiger partial charge in [-0.3, -0.25) is 9.59 Å². The number of rotatable bonds is 7. The summed E-state index contributed by atoms with van der Waals surface area (Å²) in [6.07, 6.45) is 0. The molecule has 0 fully saturated rings. The standard InChI is InChI=1S/C18H23N3O3/c1-12-4-6-14(7-5-12)13(2)21-17(22)11-20-10-15-8-9-16(24-15)18(23)19-3/h4-9,13,20H,10-11H2,1-3H3,(H,19,23)(H,21,22)/t13-/m0/s1. The lowest BCUT2D eigenvalue weighted by molar-refractivity contribution is -0.120. The third-order valence-corrected chi connectivity index (χ3v) is 3.65. The average molecular weight is 329 g/mol. The highest BCUT2D eigenvalue weighted by atomic mass is 16.4. The summed E-state index contributed by atoms with van der Waals surface area (Å²) in [4.78, 5) is 23.4. The fraction of sp³-hybridized carbons (Fsp3) is 0.333. The molecule has 0 bridgehead atoms. The van der Waals surface area contributed by atoms with Gasteiger partial charge in [-0.15, -0.1) is 0 Å². The van der Waals surface area contributed by atoms with E-state index in [0.29, 0.717) is 12.3 Å². The Kier molecular flexibility index (Phi) is 6.14. The molecule has 0 aliphatic carbocycles. The largest absolute Gasteiger partial charge is 0.455 e. The van der Waals surface area contributed by atoms with Gasteiger partial charge in [0.25, 0.3) is 5.91 Å². The summed E-state index contributed by atoms with van der Waals surface area (Å²) in [6.45, 7) is 4.53. The van der Waals surface area contributed by atoms with Crippen LogP contribution in [-0.4, -0.2) is 25.4 Å². The number of amides is 2. The normalized spacial score (nSPS) is 11.8. The summed E-state index contributed by atoms with van der Waals surface area (Å²) in [7, 11) is 1.54. The van der Waals surface area contributed by atoms with Crippen molar-refractivity contribution in [3.05, 3.63) is 59.0 Å². The maximum Gasteiger partial charge on any atom is 0.286 e. The molecule has 3 N–H and O–H groups in total. The third kappa shape index (κ3) is 4.96. The van der Waals surface area contributed by atoms with Crippen molar-refractivity contribution in [1.82, 2.24) is 16.0 Å². The first-order chi connectivity index (χ1) is 11.5. The molecule has 128 valence electrons. The Labute approximate surface area is 141 Å². The Morgan fingerprint density at radius 1 is 1.12 bits per heavy atom. The molecule has 1 aromatic heterocycles. The van der Waals surface area contributed by atoms with Gasteiger partial charge in [-0.1, -0.05) is 29.8 Å². The number of aryl methyl sites for hydroxylation is 1. The monoisotopic (exact) mass is 329 g/mol. The minimum atomic E-state index is -0.272. The van der Waals surface area contributed by atoms with Crippen molar-refractivity contribution in [1.29, 1.82) is 0 Å². The number of carbonyl (C=O) groups excluding carboxylic acids is 2. The highest BCUT2D eigenvalue weighted by Gasteiger charge is 2.11. The zero-order valence-electron chi connectivity index (χ0n) is 14.2. The lowest BCUT2D eigenvalue weighted by Gasteiger charge is -2.14. The van der Waals surface area contributed by atoms with Gasteiger partial charge in [0.05, 0.1) is 19.1 Å². The summed E-state index contributed by atoms with van der Waals surface area (Å²) in [5.74, 6) is 0.492. The molecular weight excluding hydrogens is 306 g/mol. The Hall–Kier alpha value is -2.60. The van der Waals surface area contributed by atoms with Gasteiger partial charge in [0, 0.05) is 7.05 Å². The Morgan fingerprint density at radius 2 is 1.83 bits per heavy atom. The predicted molar refractivity (Wildman–Crippen MR) is 91.5 cm³/mol. The molecule has 1 heterocycles. The van der Waals surface area contributed by atoms with Crippen LogP contribution < -0.4 is 16.0 Å². The van der Waals surface area contributed by atoms with Crippen LogP contribution >= 0.6 is 0 Å². The highest BCUT2D eigenvalue weighted by Crippen LogP contribution is 2.12. The first-order valence-corrected chi connectivity index (χ1v) is 7.87. The van der Waals surface area contributed by atoms with E-state index in [1.165, 1.54) is 5.56 Å². The highest BCUT2D eigenvalue weighted by molar-refractivity contribution is 5.91. The van der Waals surface area contributed by atoms with Gasteiger partial charge >= 0.3 is 0 Å². The SMILES string of the molecule is CNC(=O)c1ccc(CNCC(=O)N[C@@H](C)c2ccc(C)cc2)o1. The van der Waals surface area contributed by atoms with Gasteiger partial charge in [0.2, 0.25) is 5.91 Å². The van der Waals surface area contributed by atoms with Crippen LogP contribution in [0, 0.1) is 6.92 Å². The molecule has 0 saturated heterocycles. The average Bonchev–Trinajstić information content (AvgIpc) is 3.03. The molecule has 1 atom stereocenters. The second-order valence-electron chi connectivity index (χ2n) is 5.65. The van der Waals surface area contributed by atoms with E-state index < -0.39 is 0 Å². The van der Waals surface area contributed by atoms with Gasteiger partial charge < -0.3 is 20.4 Å². The first kappa shape index (κ1) is 17.7. The molecule has 0 spiro atoms. The summed E-state index contributed by atoms with van der Waals surface area (Å²) in [5, 5.41) is 8.43. The second kappa shape index (κ2) is 8.31. The van der Waals surface area contributed by atoms with Crippen LogP contribution in [0.2, 0.25) is 0 Å². The second-order valence-corrected chi connectivity index (χ2v) is 5.65. The first-order valence-electron chi connectivity index (χ1n) is 7.87. The van der Waals surface area contributed by atoms with Crippen molar-refractivity contribution in [3.63, 3.8) is 0 Å². The lowest BCUT2D eigenvalue weighted by atomic mass is 10.1. The molecule has 2 aromatic rings. The minimum Gasteiger partial charge on any atom is -0.455 e. The topological polar surface area (TPSA) is 83.4 Å². The van der Waals surface area contributed by atoms with E-state index in [9.17, 15) is 9.59 Å². The number of benzene rings is 1. The Bertz CT molecular complexity index is 692. The van der Waals surface area contributed by atoms with Crippen molar-refractivity contribution >= 4 is 11.8 Å². The molecule has 6 nitrogen and oxygen atoms in total. The molecule has 1 aromatic carbocycles. The smallest absolute Gasteiger partial charge is 0.286 e. The maximum absolute atomic E-state index is 12.0. The van der Waals surface area contributed by atoms with Crippen LogP contribution in [0.5, 0.6) is 0 Å². The van der Waals surface area contributed by atoms with Crippen LogP contribution in [0.3, 0.4) is 0 Å². The molecule has 6 heteroatoms. The van der Waals surface area contributed by atoms with E-state index >= 15 is 0 Å². The van der Waals surface area contributed by atoms with Crippen molar-refractivity contribution in [3.8, 4) is 0 Å². The predicted octanol–water partition coefficient (Wildman–Crippen LogP) is 1.91. The molecule has 0 unspecified atom stereocenters. The van der Waals surface area contributed by atoms with Crippen LogP contribution in [0.1, 0.15) is 40.4 Å². The fourth-order valence-corrected chi connectivity index (χ4v) is 2.25. The van der Waals surface area contributed by atoms with E-state index in [-0.39, 0.29) is 30.2 Å².